The van der Waals surface area contributed by atoms with Crippen molar-refractivity contribution < 1.29 is 9.59 Å². The first-order valence-corrected chi connectivity index (χ1v) is 5.39. The van der Waals surface area contributed by atoms with Gasteiger partial charge in [0.1, 0.15) is 6.04 Å². The molecule has 6 heteroatoms. The molecule has 1 aromatic heterocycles. The Bertz CT molecular complexity index is 337. The number of carbonyl (C=O) groups excluding carboxylic acids is 2. The molecular weight excluding hydrogens is 214 g/mol. The second-order valence-electron chi connectivity index (χ2n) is 2.95. The molecule has 3 N–H and O–H groups in total. The Hall–Kier alpha value is -1.56. The van der Waals surface area contributed by atoms with Crippen LogP contribution in [0.1, 0.15) is 6.92 Å². The van der Waals surface area contributed by atoms with Gasteiger partial charge in [-0.05, 0) is 18.4 Å². The highest BCUT2D eigenvalue weighted by molar-refractivity contribution is 7.08. The molecule has 0 fully saturated rings. The number of carbonyl (C=O) groups is 2. The zero-order chi connectivity index (χ0) is 11.3. The average molecular weight is 227 g/mol. The molecule has 82 valence electrons. The zero-order valence-electron chi connectivity index (χ0n) is 8.53. The summed E-state index contributed by atoms with van der Waals surface area (Å²) in [5, 5.41) is 11.3. The van der Waals surface area contributed by atoms with Gasteiger partial charge in [-0.2, -0.15) is 11.3 Å². The van der Waals surface area contributed by atoms with Crippen LogP contribution in [0.15, 0.2) is 16.8 Å². The molecule has 0 aliphatic heterocycles. The van der Waals surface area contributed by atoms with E-state index in [0.29, 0.717) is 0 Å². The number of rotatable bonds is 3. The van der Waals surface area contributed by atoms with Crippen molar-refractivity contribution in [3.8, 4) is 0 Å². The molecule has 0 aromatic carbocycles. The number of hydrogen-bond donors (Lipinski definition) is 3. The third kappa shape index (κ3) is 3.59. The Labute approximate surface area is 91.9 Å². The minimum Gasteiger partial charge on any atom is -0.373 e. The van der Waals surface area contributed by atoms with Crippen LogP contribution in [0.25, 0.3) is 0 Å². The monoisotopic (exact) mass is 227 g/mol. The van der Waals surface area contributed by atoms with Crippen molar-refractivity contribution in [2.24, 2.45) is 0 Å². The van der Waals surface area contributed by atoms with E-state index in [1.807, 2.05) is 16.8 Å². The molecule has 0 aliphatic carbocycles. The fourth-order valence-electron chi connectivity index (χ4n) is 0.945. The largest absolute Gasteiger partial charge is 0.373 e. The molecule has 0 radical (unpaired) electrons. The van der Waals surface area contributed by atoms with Gasteiger partial charge in [-0.25, -0.2) is 4.79 Å². The van der Waals surface area contributed by atoms with E-state index < -0.39 is 12.1 Å². The van der Waals surface area contributed by atoms with Gasteiger partial charge in [0.25, 0.3) is 0 Å². The molecule has 0 bridgehead atoms. The van der Waals surface area contributed by atoms with Gasteiger partial charge in [0, 0.05) is 18.1 Å². The quantitative estimate of drug-likeness (QED) is 0.721. The number of anilines is 1. The fourth-order valence-corrected chi connectivity index (χ4v) is 1.54. The van der Waals surface area contributed by atoms with Crippen LogP contribution in [0.3, 0.4) is 0 Å². The number of amides is 3. The molecule has 5 nitrogen and oxygen atoms in total. The van der Waals surface area contributed by atoms with Crippen molar-refractivity contribution in [2.75, 3.05) is 12.4 Å². The van der Waals surface area contributed by atoms with Gasteiger partial charge in [0.2, 0.25) is 5.91 Å². The molecule has 1 atom stereocenters. The molecule has 3 amide bonds. The van der Waals surface area contributed by atoms with Crippen molar-refractivity contribution in [3.05, 3.63) is 16.8 Å². The first-order valence-electron chi connectivity index (χ1n) is 4.45. The summed E-state index contributed by atoms with van der Waals surface area (Å²) in [7, 11) is 1.46. The van der Waals surface area contributed by atoms with E-state index in [1.165, 1.54) is 18.4 Å². The van der Waals surface area contributed by atoms with Crippen molar-refractivity contribution >= 4 is 29.0 Å². The van der Waals surface area contributed by atoms with E-state index in [2.05, 4.69) is 16.0 Å². The van der Waals surface area contributed by atoms with Crippen molar-refractivity contribution in [1.29, 1.82) is 0 Å². The summed E-state index contributed by atoms with van der Waals surface area (Å²) >= 11 is 1.54. The molecule has 1 heterocycles. The van der Waals surface area contributed by atoms with Crippen molar-refractivity contribution in [3.63, 3.8) is 0 Å². The lowest BCUT2D eigenvalue weighted by Crippen LogP contribution is -2.44. The summed E-state index contributed by atoms with van der Waals surface area (Å²) in [5.41, 5.74) is 0.875. The molecule has 0 saturated heterocycles. The number of thiophene rings is 1. The highest BCUT2D eigenvalue weighted by Crippen LogP contribution is 2.12. The van der Waals surface area contributed by atoms with Crippen LogP contribution in [0.4, 0.5) is 10.5 Å². The summed E-state index contributed by atoms with van der Waals surface area (Å²) in [6.07, 6.45) is 0. The Morgan fingerprint density at radius 1 is 1.47 bits per heavy atom. The van der Waals surface area contributed by atoms with Crippen LogP contribution < -0.4 is 16.0 Å². The highest BCUT2D eigenvalue weighted by atomic mass is 32.1. The van der Waals surface area contributed by atoms with Crippen LogP contribution in [0, 0.1) is 0 Å². The summed E-state index contributed by atoms with van der Waals surface area (Å²) in [6, 6.07) is 0.921. The first-order chi connectivity index (χ1) is 7.13. The van der Waals surface area contributed by atoms with Gasteiger partial charge in [0.15, 0.2) is 0 Å². The molecule has 1 unspecified atom stereocenters. The molecular formula is C9H13N3O2S. The fraction of sp³-hybridized carbons (Fsp3) is 0.333. The Kier molecular flexibility index (Phi) is 4.11. The van der Waals surface area contributed by atoms with Gasteiger partial charge >= 0.3 is 6.03 Å². The van der Waals surface area contributed by atoms with E-state index in [1.54, 1.807) is 6.92 Å². The number of nitrogens with one attached hydrogen (secondary N) is 3. The van der Waals surface area contributed by atoms with Crippen molar-refractivity contribution in [2.45, 2.75) is 13.0 Å². The normalized spacial score (nSPS) is 11.6. The SMILES string of the molecule is CNC(=O)NC(=O)C(C)Nc1ccsc1. The maximum absolute atomic E-state index is 11.4. The predicted molar refractivity (Wildman–Crippen MR) is 60.0 cm³/mol. The van der Waals surface area contributed by atoms with Crippen LogP contribution in [-0.2, 0) is 4.79 Å². The number of hydrogen-bond acceptors (Lipinski definition) is 4. The van der Waals surface area contributed by atoms with Gasteiger partial charge in [-0.1, -0.05) is 0 Å². The molecule has 0 spiro atoms. The van der Waals surface area contributed by atoms with Crippen molar-refractivity contribution in [1.82, 2.24) is 10.6 Å². The lowest BCUT2D eigenvalue weighted by atomic mass is 10.3. The van der Waals surface area contributed by atoms with Gasteiger partial charge in [-0.3, -0.25) is 10.1 Å². The summed E-state index contributed by atoms with van der Waals surface area (Å²) in [4.78, 5) is 22.3. The van der Waals surface area contributed by atoms with E-state index in [0.717, 1.165) is 5.69 Å². The van der Waals surface area contributed by atoms with E-state index in [4.69, 9.17) is 0 Å². The second kappa shape index (κ2) is 5.35. The Morgan fingerprint density at radius 2 is 2.20 bits per heavy atom. The van der Waals surface area contributed by atoms with Gasteiger partial charge < -0.3 is 10.6 Å². The molecule has 1 aromatic rings. The van der Waals surface area contributed by atoms with Crippen LogP contribution >= 0.6 is 11.3 Å². The maximum atomic E-state index is 11.4. The van der Waals surface area contributed by atoms with E-state index >= 15 is 0 Å². The number of imide groups is 1. The minimum atomic E-state index is -0.501. The smallest absolute Gasteiger partial charge is 0.321 e. The third-order valence-corrected chi connectivity index (χ3v) is 2.44. The van der Waals surface area contributed by atoms with Crippen LogP contribution in [-0.4, -0.2) is 25.0 Å². The number of urea groups is 1. The highest BCUT2D eigenvalue weighted by Gasteiger charge is 2.14. The Morgan fingerprint density at radius 3 is 2.73 bits per heavy atom. The predicted octanol–water partition coefficient (Wildman–Crippen LogP) is 1.00. The van der Waals surface area contributed by atoms with E-state index in [9.17, 15) is 9.59 Å². The van der Waals surface area contributed by atoms with Gasteiger partial charge in [-0.15, -0.1) is 0 Å². The molecule has 1 rings (SSSR count). The second-order valence-corrected chi connectivity index (χ2v) is 3.73. The summed E-state index contributed by atoms with van der Waals surface area (Å²) in [5.74, 6) is -0.361. The molecule has 15 heavy (non-hydrogen) atoms. The maximum Gasteiger partial charge on any atom is 0.321 e. The lowest BCUT2D eigenvalue weighted by molar-refractivity contribution is -0.120. The minimum absolute atomic E-state index is 0.361. The topological polar surface area (TPSA) is 70.2 Å². The first kappa shape index (κ1) is 11.5. The van der Waals surface area contributed by atoms with Crippen LogP contribution in [0.2, 0.25) is 0 Å². The van der Waals surface area contributed by atoms with Gasteiger partial charge in [0.05, 0.1) is 0 Å². The summed E-state index contributed by atoms with van der Waals surface area (Å²) in [6.45, 7) is 1.69. The van der Waals surface area contributed by atoms with Crippen LogP contribution in [0.5, 0.6) is 0 Å². The van der Waals surface area contributed by atoms with E-state index in [-0.39, 0.29) is 5.91 Å². The molecule has 0 aliphatic rings. The lowest BCUT2D eigenvalue weighted by Gasteiger charge is -2.12. The Balaban J connectivity index is 2.43. The average Bonchev–Trinajstić information content (AvgIpc) is 2.70. The standard InChI is InChI=1S/C9H13N3O2S/c1-6(8(13)12-9(14)10-2)11-7-3-4-15-5-7/h3-6,11H,1-2H3,(H2,10,12,13,14). The molecule has 0 saturated carbocycles. The summed E-state index contributed by atoms with van der Waals surface area (Å²) < 4.78 is 0. The third-order valence-electron chi connectivity index (χ3n) is 1.76. The zero-order valence-corrected chi connectivity index (χ0v) is 9.35.